The van der Waals surface area contributed by atoms with Gasteiger partial charge in [0.25, 0.3) is 0 Å². The van der Waals surface area contributed by atoms with Gasteiger partial charge in [-0.25, -0.2) is 9.65 Å². The SMILES string of the molecule is CC(C)C[C@H](NC(=O)[C@H](Cc1ccccc1)NP(=O)(OC(C)C)OC(C)C)C(=O)N[C@H](CC1CCCCC1)[C@H](O)c1ccccn1. The lowest BCUT2D eigenvalue weighted by atomic mass is 9.83. The third kappa shape index (κ3) is 12.9. The quantitative estimate of drug-likeness (QED) is 0.138. The number of aliphatic hydroxyl groups excluding tert-OH is 1. The number of benzene rings is 1. The van der Waals surface area contributed by atoms with Gasteiger partial charge in [-0.1, -0.05) is 82.3 Å². The van der Waals surface area contributed by atoms with E-state index in [1.165, 1.54) is 6.42 Å². The molecule has 2 aromatic rings. The Labute approximate surface area is 275 Å². The van der Waals surface area contributed by atoms with Gasteiger partial charge in [0, 0.05) is 6.20 Å². The van der Waals surface area contributed by atoms with E-state index in [2.05, 4.69) is 20.7 Å². The minimum absolute atomic E-state index is 0.0775. The van der Waals surface area contributed by atoms with Crippen LogP contribution in [-0.2, 0) is 29.6 Å². The molecule has 1 aromatic carbocycles. The molecular weight excluding hydrogens is 603 g/mol. The zero-order valence-electron chi connectivity index (χ0n) is 28.4. The van der Waals surface area contributed by atoms with E-state index in [0.29, 0.717) is 24.5 Å². The predicted octanol–water partition coefficient (Wildman–Crippen LogP) is 6.26. The van der Waals surface area contributed by atoms with Crippen molar-refractivity contribution in [1.82, 2.24) is 20.7 Å². The monoisotopic (exact) mass is 658 g/mol. The second-order valence-corrected chi connectivity index (χ2v) is 15.1. The van der Waals surface area contributed by atoms with Crippen LogP contribution in [-0.4, -0.2) is 52.2 Å². The Morgan fingerprint density at radius 2 is 1.48 bits per heavy atom. The average molecular weight is 659 g/mol. The molecule has 3 rings (SSSR count). The van der Waals surface area contributed by atoms with E-state index in [0.717, 1.165) is 31.2 Å². The Hall–Kier alpha value is -2.62. The van der Waals surface area contributed by atoms with Crippen LogP contribution in [0.3, 0.4) is 0 Å². The van der Waals surface area contributed by atoms with E-state index in [1.807, 2.05) is 50.2 Å². The summed E-state index contributed by atoms with van der Waals surface area (Å²) in [4.78, 5) is 32.3. The van der Waals surface area contributed by atoms with E-state index in [4.69, 9.17) is 9.05 Å². The van der Waals surface area contributed by atoms with E-state index in [9.17, 15) is 19.3 Å². The number of aromatic nitrogens is 1. The summed E-state index contributed by atoms with van der Waals surface area (Å²) in [6.07, 6.45) is 6.54. The summed E-state index contributed by atoms with van der Waals surface area (Å²) in [5.41, 5.74) is 1.33. The molecule has 10 nitrogen and oxygen atoms in total. The molecule has 1 aliphatic rings. The highest BCUT2D eigenvalue weighted by Crippen LogP contribution is 2.47. The van der Waals surface area contributed by atoms with Crippen LogP contribution in [0, 0.1) is 11.8 Å². The van der Waals surface area contributed by atoms with Gasteiger partial charge >= 0.3 is 7.75 Å². The maximum absolute atomic E-state index is 14.0. The highest BCUT2D eigenvalue weighted by atomic mass is 31.2. The van der Waals surface area contributed by atoms with Crippen molar-refractivity contribution < 1.29 is 28.3 Å². The minimum Gasteiger partial charge on any atom is -0.385 e. The lowest BCUT2D eigenvalue weighted by molar-refractivity contribution is -0.131. The molecule has 0 spiro atoms. The van der Waals surface area contributed by atoms with E-state index >= 15 is 0 Å². The molecule has 46 heavy (non-hydrogen) atoms. The number of nitrogens with zero attached hydrogens (tertiary/aromatic N) is 1. The largest absolute Gasteiger partial charge is 0.406 e. The first-order chi connectivity index (χ1) is 21.8. The van der Waals surface area contributed by atoms with Crippen molar-refractivity contribution in [1.29, 1.82) is 0 Å². The molecule has 256 valence electrons. The summed E-state index contributed by atoms with van der Waals surface area (Å²) in [5, 5.41) is 20.3. The molecule has 0 saturated heterocycles. The van der Waals surface area contributed by atoms with Crippen molar-refractivity contribution in [3.05, 3.63) is 66.0 Å². The number of nitrogens with one attached hydrogen (secondary N) is 3. The number of carbonyl (C=O) groups is 2. The van der Waals surface area contributed by atoms with Gasteiger partial charge in [0.1, 0.15) is 18.2 Å². The molecule has 0 radical (unpaired) electrons. The molecule has 0 bridgehead atoms. The van der Waals surface area contributed by atoms with Crippen LogP contribution in [0.1, 0.15) is 104 Å². The standard InChI is InChI=1S/C35H55N4O6P/c1-24(2)21-31(34(41)37-30(22-27-15-9-7-10-16-27)33(40)29-19-13-14-20-36-29)38-35(42)32(23-28-17-11-8-12-18-28)39-46(43,44-25(3)4)45-26(5)6/h8,11-14,17-20,24-27,30-33,40H,7,9-10,15-16,21-23H2,1-6H3,(H,37,41)(H,38,42)(H,39,43)/t30-,31+,32+,33-/m1/s1. The van der Waals surface area contributed by atoms with Crippen LogP contribution >= 0.6 is 7.75 Å². The number of hydrogen-bond donors (Lipinski definition) is 4. The summed E-state index contributed by atoms with van der Waals surface area (Å²) in [6, 6.07) is 12.3. The molecule has 1 fully saturated rings. The third-order valence-electron chi connectivity index (χ3n) is 7.96. The summed E-state index contributed by atoms with van der Waals surface area (Å²) < 4.78 is 25.2. The topological polar surface area (TPSA) is 139 Å². The molecular formula is C35H55N4O6P. The van der Waals surface area contributed by atoms with Crippen LogP contribution < -0.4 is 15.7 Å². The van der Waals surface area contributed by atoms with E-state index in [-0.39, 0.29) is 18.2 Å². The van der Waals surface area contributed by atoms with Crippen molar-refractivity contribution >= 4 is 19.6 Å². The van der Waals surface area contributed by atoms with Crippen molar-refractivity contribution in [2.75, 3.05) is 0 Å². The fourth-order valence-electron chi connectivity index (χ4n) is 5.94. The Kier molecular flexibility index (Phi) is 15.3. The van der Waals surface area contributed by atoms with Gasteiger partial charge in [0.15, 0.2) is 0 Å². The van der Waals surface area contributed by atoms with Crippen LogP contribution in [0.15, 0.2) is 54.7 Å². The lowest BCUT2D eigenvalue weighted by Crippen LogP contribution is -2.55. The van der Waals surface area contributed by atoms with E-state index in [1.54, 1.807) is 46.0 Å². The van der Waals surface area contributed by atoms with Crippen LogP contribution in [0.4, 0.5) is 0 Å². The number of pyridine rings is 1. The molecule has 1 aromatic heterocycles. The fourth-order valence-corrected chi connectivity index (χ4v) is 7.81. The van der Waals surface area contributed by atoms with Crippen LogP contribution in [0.2, 0.25) is 0 Å². The molecule has 1 aliphatic carbocycles. The highest BCUT2D eigenvalue weighted by Gasteiger charge is 2.37. The second kappa shape index (κ2) is 18.6. The first-order valence-electron chi connectivity index (χ1n) is 16.8. The summed E-state index contributed by atoms with van der Waals surface area (Å²) in [5.74, 6) is -0.421. The van der Waals surface area contributed by atoms with Crippen molar-refractivity contribution in [2.24, 2.45) is 11.8 Å². The highest BCUT2D eigenvalue weighted by molar-refractivity contribution is 7.51. The lowest BCUT2D eigenvalue weighted by Gasteiger charge is -2.32. The normalized spacial score (nSPS) is 17.1. The number of aliphatic hydroxyl groups is 1. The molecule has 1 heterocycles. The zero-order valence-corrected chi connectivity index (χ0v) is 29.2. The second-order valence-electron chi connectivity index (χ2n) is 13.4. The smallest absolute Gasteiger partial charge is 0.385 e. The summed E-state index contributed by atoms with van der Waals surface area (Å²) >= 11 is 0. The number of amides is 2. The molecule has 4 N–H and O–H groups in total. The van der Waals surface area contributed by atoms with Gasteiger partial charge in [-0.2, -0.15) is 0 Å². The minimum atomic E-state index is -3.92. The summed E-state index contributed by atoms with van der Waals surface area (Å²) in [6.45, 7) is 10.9. The van der Waals surface area contributed by atoms with Gasteiger partial charge in [-0.3, -0.25) is 23.6 Å². The van der Waals surface area contributed by atoms with Gasteiger partial charge < -0.3 is 15.7 Å². The van der Waals surface area contributed by atoms with Gasteiger partial charge in [0.05, 0.1) is 23.9 Å². The van der Waals surface area contributed by atoms with E-state index < -0.39 is 50.1 Å². The average Bonchev–Trinajstić information content (AvgIpc) is 3.00. The van der Waals surface area contributed by atoms with Crippen LogP contribution in [0.5, 0.6) is 0 Å². The molecule has 4 atom stereocenters. The Morgan fingerprint density at radius 3 is 2.04 bits per heavy atom. The van der Waals surface area contributed by atoms with Crippen molar-refractivity contribution in [2.45, 2.75) is 129 Å². The number of hydrogen-bond acceptors (Lipinski definition) is 7. The maximum atomic E-state index is 14.0. The molecule has 0 aliphatic heterocycles. The zero-order chi connectivity index (χ0) is 33.7. The van der Waals surface area contributed by atoms with Gasteiger partial charge in [-0.05, 0) is 76.5 Å². The molecule has 1 saturated carbocycles. The molecule has 0 unspecified atom stereocenters. The fraction of sp³-hybridized carbons (Fsp3) is 0.629. The third-order valence-corrected chi connectivity index (χ3v) is 9.99. The molecule has 11 heteroatoms. The first kappa shape index (κ1) is 37.8. The van der Waals surface area contributed by atoms with Crippen LogP contribution in [0.25, 0.3) is 0 Å². The Morgan fingerprint density at radius 1 is 0.870 bits per heavy atom. The number of carbonyl (C=O) groups excluding carboxylic acids is 2. The maximum Gasteiger partial charge on any atom is 0.406 e. The first-order valence-corrected chi connectivity index (χ1v) is 18.4. The number of rotatable bonds is 18. The Bertz CT molecular complexity index is 1230. The Balaban J connectivity index is 1.86. The van der Waals surface area contributed by atoms with Crippen molar-refractivity contribution in [3.8, 4) is 0 Å². The van der Waals surface area contributed by atoms with Gasteiger partial charge in [0.2, 0.25) is 11.8 Å². The van der Waals surface area contributed by atoms with Gasteiger partial charge in [-0.15, -0.1) is 0 Å². The predicted molar refractivity (Wildman–Crippen MR) is 181 cm³/mol. The molecule has 2 amide bonds. The summed E-state index contributed by atoms with van der Waals surface area (Å²) in [7, 11) is -3.92. The van der Waals surface area contributed by atoms with Crippen molar-refractivity contribution in [3.63, 3.8) is 0 Å².